The molecule has 7 heteroatoms. The maximum absolute atomic E-state index is 12.1. The second kappa shape index (κ2) is 9.95. The number of rotatable bonds is 8. The molecule has 0 bridgehead atoms. The molecule has 0 radical (unpaired) electrons. The Morgan fingerprint density at radius 2 is 1.65 bits per heavy atom. The second-order valence-corrected chi connectivity index (χ2v) is 6.71. The van der Waals surface area contributed by atoms with Crippen molar-refractivity contribution < 1.29 is 28.8 Å². The molecule has 162 valence electrons. The molecule has 0 saturated heterocycles. The first-order valence-corrected chi connectivity index (χ1v) is 9.67. The van der Waals surface area contributed by atoms with Crippen LogP contribution in [0.5, 0.6) is 17.2 Å². The fourth-order valence-corrected chi connectivity index (χ4v) is 3.27. The zero-order valence-corrected chi connectivity index (χ0v) is 18.0. The van der Waals surface area contributed by atoms with Crippen molar-refractivity contribution in [3.05, 3.63) is 59.9 Å². The van der Waals surface area contributed by atoms with Crippen molar-refractivity contribution in [3.63, 3.8) is 0 Å². The first-order chi connectivity index (χ1) is 15.0. The summed E-state index contributed by atoms with van der Waals surface area (Å²) in [5.74, 6) is 1.14. The van der Waals surface area contributed by atoms with Crippen LogP contribution in [0.4, 0.5) is 0 Å². The number of aromatic nitrogens is 1. The molecule has 0 amide bonds. The Morgan fingerprint density at radius 1 is 0.935 bits per heavy atom. The van der Waals surface area contributed by atoms with Gasteiger partial charge in [-0.15, -0.1) is 0 Å². The largest absolute Gasteiger partial charge is 0.493 e. The van der Waals surface area contributed by atoms with Gasteiger partial charge in [-0.25, -0.2) is 4.79 Å². The van der Waals surface area contributed by atoms with Gasteiger partial charge in [0.05, 0.1) is 33.5 Å². The fraction of sp³-hybridized carbons (Fsp3) is 0.250. The van der Waals surface area contributed by atoms with Gasteiger partial charge in [0, 0.05) is 23.0 Å². The summed E-state index contributed by atoms with van der Waals surface area (Å²) in [6, 6.07) is 12.8. The molecule has 7 nitrogen and oxygen atoms in total. The van der Waals surface area contributed by atoms with Crippen molar-refractivity contribution in [2.75, 3.05) is 34.5 Å². The molecule has 0 spiro atoms. The summed E-state index contributed by atoms with van der Waals surface area (Å²) in [5.41, 5.74) is 4.65. The number of aliphatic hydroxyl groups excluding tert-OH is 1. The Kier molecular flexibility index (Phi) is 7.10. The lowest BCUT2D eigenvalue weighted by Gasteiger charge is -2.15. The first kappa shape index (κ1) is 22.1. The van der Waals surface area contributed by atoms with Crippen molar-refractivity contribution >= 4 is 5.97 Å². The van der Waals surface area contributed by atoms with E-state index in [1.54, 1.807) is 45.7 Å². The molecule has 0 aliphatic heterocycles. The predicted octanol–water partition coefficient (Wildman–Crippen LogP) is 3.90. The number of carbonyl (C=O) groups excluding carboxylic acids is 1. The van der Waals surface area contributed by atoms with Gasteiger partial charge in [-0.05, 0) is 48.4 Å². The summed E-state index contributed by atoms with van der Waals surface area (Å²) in [7, 11) is 4.71. The number of carbonyl (C=O) groups is 1. The molecule has 2 aromatic carbocycles. The highest BCUT2D eigenvalue weighted by molar-refractivity contribution is 5.91. The zero-order chi connectivity index (χ0) is 22.4. The van der Waals surface area contributed by atoms with Gasteiger partial charge in [-0.1, -0.05) is 12.1 Å². The van der Waals surface area contributed by atoms with Crippen LogP contribution in [0, 0.1) is 6.92 Å². The molecular weight excluding hydrogens is 398 g/mol. The van der Waals surface area contributed by atoms with Crippen molar-refractivity contribution in [1.29, 1.82) is 0 Å². The SMILES string of the molecule is COc1cc(-c2cc(-c3cccc(C(=O)OCCO)c3)cnc2C)cc(OC)c1OC. The van der Waals surface area contributed by atoms with E-state index in [2.05, 4.69) is 4.98 Å². The third-order valence-corrected chi connectivity index (χ3v) is 4.82. The van der Waals surface area contributed by atoms with E-state index in [0.717, 1.165) is 27.9 Å². The third kappa shape index (κ3) is 4.78. The summed E-state index contributed by atoms with van der Waals surface area (Å²) in [6.07, 6.45) is 1.76. The summed E-state index contributed by atoms with van der Waals surface area (Å²) < 4.78 is 21.4. The maximum atomic E-state index is 12.1. The number of methoxy groups -OCH3 is 3. The van der Waals surface area contributed by atoms with Crippen molar-refractivity contribution in [1.82, 2.24) is 4.98 Å². The van der Waals surface area contributed by atoms with E-state index < -0.39 is 5.97 Å². The molecule has 0 fully saturated rings. The van der Waals surface area contributed by atoms with Gasteiger partial charge in [0.2, 0.25) is 5.75 Å². The summed E-state index contributed by atoms with van der Waals surface area (Å²) in [5, 5.41) is 8.86. The highest BCUT2D eigenvalue weighted by atomic mass is 16.5. The quantitative estimate of drug-likeness (QED) is 0.550. The van der Waals surface area contributed by atoms with Crippen LogP contribution in [0.25, 0.3) is 22.3 Å². The summed E-state index contributed by atoms with van der Waals surface area (Å²) >= 11 is 0. The lowest BCUT2D eigenvalue weighted by molar-refractivity contribution is 0.0434. The monoisotopic (exact) mass is 423 g/mol. The van der Waals surface area contributed by atoms with E-state index in [9.17, 15) is 4.79 Å². The van der Waals surface area contributed by atoms with Crippen LogP contribution in [0.1, 0.15) is 16.1 Å². The number of aliphatic hydroxyl groups is 1. The highest BCUT2D eigenvalue weighted by Gasteiger charge is 2.16. The topological polar surface area (TPSA) is 87.1 Å². The maximum Gasteiger partial charge on any atom is 0.338 e. The minimum atomic E-state index is -0.485. The average Bonchev–Trinajstić information content (AvgIpc) is 2.81. The number of esters is 1. The Labute approximate surface area is 181 Å². The number of pyridine rings is 1. The van der Waals surface area contributed by atoms with Gasteiger partial charge in [-0.2, -0.15) is 0 Å². The van der Waals surface area contributed by atoms with Gasteiger partial charge in [0.1, 0.15) is 6.61 Å². The van der Waals surface area contributed by atoms with Crippen LogP contribution in [0.2, 0.25) is 0 Å². The van der Waals surface area contributed by atoms with E-state index in [1.165, 1.54) is 0 Å². The van der Waals surface area contributed by atoms with Gasteiger partial charge in [-0.3, -0.25) is 4.98 Å². The summed E-state index contributed by atoms with van der Waals surface area (Å²) in [6.45, 7) is 1.66. The number of nitrogens with zero attached hydrogens (tertiary/aromatic N) is 1. The highest BCUT2D eigenvalue weighted by Crippen LogP contribution is 2.42. The van der Waals surface area contributed by atoms with Crippen molar-refractivity contribution in [2.24, 2.45) is 0 Å². The Morgan fingerprint density at radius 3 is 2.26 bits per heavy atom. The van der Waals surface area contributed by atoms with E-state index in [1.807, 2.05) is 31.2 Å². The summed E-state index contributed by atoms with van der Waals surface area (Å²) in [4.78, 5) is 16.7. The molecule has 1 aromatic heterocycles. The standard InChI is InChI=1S/C24H25NO6/c1-15-20(18-12-21(28-2)23(30-4)22(13-18)29-3)11-19(14-25-15)16-6-5-7-17(10-16)24(27)31-9-8-26/h5-7,10-14,26H,8-9H2,1-4H3. The Hall–Kier alpha value is -3.58. The molecule has 3 rings (SSSR count). The molecule has 0 saturated carbocycles. The van der Waals surface area contributed by atoms with Gasteiger partial charge in [0.25, 0.3) is 0 Å². The molecule has 1 N–H and O–H groups in total. The van der Waals surface area contributed by atoms with E-state index in [0.29, 0.717) is 22.8 Å². The van der Waals surface area contributed by atoms with Crippen LogP contribution in [0.15, 0.2) is 48.7 Å². The van der Waals surface area contributed by atoms with Crippen molar-refractivity contribution in [3.8, 4) is 39.5 Å². The Balaban J connectivity index is 2.05. The smallest absolute Gasteiger partial charge is 0.338 e. The van der Waals surface area contributed by atoms with Crippen LogP contribution < -0.4 is 14.2 Å². The molecule has 1 heterocycles. The van der Waals surface area contributed by atoms with Gasteiger partial charge >= 0.3 is 5.97 Å². The molecular formula is C24H25NO6. The zero-order valence-electron chi connectivity index (χ0n) is 18.0. The minimum Gasteiger partial charge on any atom is -0.493 e. The van der Waals surface area contributed by atoms with E-state index in [4.69, 9.17) is 24.1 Å². The normalized spacial score (nSPS) is 10.5. The molecule has 0 unspecified atom stereocenters. The van der Waals surface area contributed by atoms with E-state index in [-0.39, 0.29) is 13.2 Å². The molecule has 31 heavy (non-hydrogen) atoms. The molecule has 0 aliphatic rings. The van der Waals surface area contributed by atoms with Crippen LogP contribution >= 0.6 is 0 Å². The van der Waals surface area contributed by atoms with Gasteiger partial charge < -0.3 is 24.1 Å². The number of hydrogen-bond donors (Lipinski definition) is 1. The second-order valence-electron chi connectivity index (χ2n) is 6.71. The lowest BCUT2D eigenvalue weighted by Crippen LogP contribution is -2.08. The van der Waals surface area contributed by atoms with Crippen molar-refractivity contribution in [2.45, 2.75) is 6.92 Å². The average molecular weight is 423 g/mol. The number of hydrogen-bond acceptors (Lipinski definition) is 7. The fourth-order valence-electron chi connectivity index (χ4n) is 3.27. The van der Waals surface area contributed by atoms with Crippen LogP contribution in [-0.2, 0) is 4.74 Å². The third-order valence-electron chi connectivity index (χ3n) is 4.82. The predicted molar refractivity (Wildman–Crippen MR) is 117 cm³/mol. The van der Waals surface area contributed by atoms with E-state index >= 15 is 0 Å². The van der Waals surface area contributed by atoms with Crippen LogP contribution in [-0.4, -0.2) is 50.6 Å². The Bertz CT molecular complexity index is 1050. The minimum absolute atomic E-state index is 0.0412. The molecule has 0 atom stereocenters. The number of ether oxygens (including phenoxy) is 4. The first-order valence-electron chi connectivity index (χ1n) is 9.67. The number of aryl methyl sites for hydroxylation is 1. The molecule has 3 aromatic rings. The lowest BCUT2D eigenvalue weighted by atomic mass is 9.98. The van der Waals surface area contributed by atoms with Crippen LogP contribution in [0.3, 0.4) is 0 Å². The van der Waals surface area contributed by atoms with Gasteiger partial charge in [0.15, 0.2) is 11.5 Å². The number of benzene rings is 2. The molecule has 0 aliphatic carbocycles.